The zero-order valence-electron chi connectivity index (χ0n) is 17.6. The number of Topliss-reactive ketones (excluding diaryl/α,β-unsaturated/α-hetero) is 1. The van der Waals surface area contributed by atoms with Gasteiger partial charge in [-0.1, -0.05) is 36.0 Å². The second-order valence-corrected chi connectivity index (χ2v) is 8.76. The molecule has 1 aromatic carbocycles. The van der Waals surface area contributed by atoms with Gasteiger partial charge in [-0.2, -0.15) is 4.98 Å². The van der Waals surface area contributed by atoms with Gasteiger partial charge in [-0.15, -0.1) is 5.10 Å². The van der Waals surface area contributed by atoms with Gasteiger partial charge in [0.15, 0.2) is 6.61 Å². The van der Waals surface area contributed by atoms with E-state index in [1.54, 1.807) is 23.0 Å². The number of hydrogen-bond acceptors (Lipinski definition) is 8. The molecule has 2 aliphatic rings. The van der Waals surface area contributed by atoms with Crippen LogP contribution in [0, 0.1) is 5.92 Å². The van der Waals surface area contributed by atoms with Crippen molar-refractivity contribution in [1.29, 1.82) is 0 Å². The van der Waals surface area contributed by atoms with Crippen molar-refractivity contribution < 1.29 is 19.4 Å². The van der Waals surface area contributed by atoms with E-state index in [4.69, 9.17) is 19.9 Å². The van der Waals surface area contributed by atoms with E-state index in [1.165, 1.54) is 11.8 Å². The number of aromatic nitrogens is 4. The van der Waals surface area contributed by atoms with E-state index in [1.807, 2.05) is 30.3 Å². The van der Waals surface area contributed by atoms with Gasteiger partial charge < -0.3 is 9.84 Å². The van der Waals surface area contributed by atoms with Crippen LogP contribution in [0.4, 0.5) is 5.95 Å². The molecule has 1 fully saturated rings. The van der Waals surface area contributed by atoms with Crippen LogP contribution in [-0.4, -0.2) is 48.9 Å². The fourth-order valence-electron chi connectivity index (χ4n) is 4.24. The van der Waals surface area contributed by atoms with Gasteiger partial charge in [0.2, 0.25) is 11.1 Å². The first kappa shape index (κ1) is 21.3. The topological polar surface area (TPSA) is 120 Å². The van der Waals surface area contributed by atoms with Crippen molar-refractivity contribution in [2.45, 2.75) is 36.2 Å². The van der Waals surface area contributed by atoms with Crippen LogP contribution < -0.4 is 4.74 Å². The average Bonchev–Trinajstić information content (AvgIpc) is 3.24. The van der Waals surface area contributed by atoms with Crippen LogP contribution in [0.5, 0.6) is 5.75 Å². The second kappa shape index (κ2) is 9.14. The summed E-state index contributed by atoms with van der Waals surface area (Å²) in [6.07, 6.45) is 3.69. The van der Waals surface area contributed by atoms with E-state index in [9.17, 15) is 9.59 Å². The molecule has 0 amide bonds. The van der Waals surface area contributed by atoms with Gasteiger partial charge >= 0.3 is 5.97 Å². The number of carboxylic acid groups (broad SMARTS) is 1. The summed E-state index contributed by atoms with van der Waals surface area (Å²) in [5.41, 5.74) is 2.40. The number of carbonyl (C=O) groups is 2. The van der Waals surface area contributed by atoms with Crippen LogP contribution in [0.25, 0.3) is 0 Å². The van der Waals surface area contributed by atoms with Crippen LogP contribution in [0.15, 0.2) is 58.8 Å². The lowest BCUT2D eigenvalue weighted by Gasteiger charge is -2.34. The van der Waals surface area contributed by atoms with E-state index in [0.29, 0.717) is 41.0 Å². The molecule has 3 aromatic rings. The van der Waals surface area contributed by atoms with Crippen molar-refractivity contribution in [1.82, 2.24) is 19.7 Å². The minimum absolute atomic E-state index is 0.0990. The molecule has 1 aliphatic carbocycles. The number of nitrogens with zero attached hydrogens (tertiary/aromatic N) is 5. The zero-order chi connectivity index (χ0) is 22.8. The average molecular weight is 464 g/mol. The zero-order valence-corrected chi connectivity index (χ0v) is 18.4. The predicted molar refractivity (Wildman–Crippen MR) is 121 cm³/mol. The standard InChI is InChI=1S/C23H21N5O4S/c29-17-9-5-8-16-20(17)21(15-7-1-2-10-18(15)32-12-19(30)31)28-22(25-16)26-23(27-28)33-13-14-6-3-4-11-24-14/h1-4,6-7,10-11,20-21H,5,8-9,12-13H2,(H,30,31). The molecule has 0 saturated heterocycles. The fraction of sp³-hybridized carbons (Fsp3) is 0.304. The summed E-state index contributed by atoms with van der Waals surface area (Å²) < 4.78 is 7.25. The Labute approximate surface area is 193 Å². The molecule has 168 valence electrons. The third kappa shape index (κ3) is 4.38. The monoisotopic (exact) mass is 463 g/mol. The van der Waals surface area contributed by atoms with Crippen LogP contribution in [0.1, 0.15) is 36.6 Å². The van der Waals surface area contributed by atoms with Gasteiger partial charge in [-0.3, -0.25) is 9.78 Å². The molecular formula is C23H21N5O4S. The number of aliphatic imine (C=N–C) groups is 1. The molecule has 33 heavy (non-hydrogen) atoms. The number of para-hydroxylation sites is 1. The first-order valence-electron chi connectivity index (χ1n) is 10.6. The van der Waals surface area contributed by atoms with Crippen molar-refractivity contribution in [2.24, 2.45) is 10.9 Å². The molecule has 1 saturated carbocycles. The number of pyridine rings is 1. The maximum Gasteiger partial charge on any atom is 0.341 e. The van der Waals surface area contributed by atoms with Crippen LogP contribution in [-0.2, 0) is 15.3 Å². The number of carbonyl (C=O) groups excluding carboxylic acids is 1. The molecule has 0 bridgehead atoms. The summed E-state index contributed by atoms with van der Waals surface area (Å²) in [5.74, 6) is 0.00921. The lowest BCUT2D eigenvalue weighted by atomic mass is 9.77. The van der Waals surface area contributed by atoms with Crippen molar-refractivity contribution in [3.63, 3.8) is 0 Å². The maximum atomic E-state index is 13.0. The Bertz CT molecular complexity index is 1230. The van der Waals surface area contributed by atoms with E-state index in [2.05, 4.69) is 9.97 Å². The Morgan fingerprint density at radius 1 is 1.18 bits per heavy atom. The van der Waals surface area contributed by atoms with Gasteiger partial charge in [0.05, 0.1) is 17.7 Å². The number of benzene rings is 1. The molecule has 2 aromatic heterocycles. The molecular weight excluding hydrogens is 442 g/mol. The third-order valence-electron chi connectivity index (χ3n) is 5.64. The molecule has 5 rings (SSSR count). The van der Waals surface area contributed by atoms with Crippen molar-refractivity contribution >= 4 is 35.2 Å². The molecule has 9 nitrogen and oxygen atoms in total. The normalized spacial score (nSPS) is 19.4. The summed E-state index contributed by atoms with van der Waals surface area (Å²) in [6, 6.07) is 12.4. The van der Waals surface area contributed by atoms with Crippen LogP contribution in [0.3, 0.4) is 0 Å². The molecule has 1 aliphatic heterocycles. The van der Waals surface area contributed by atoms with Gasteiger partial charge in [0, 0.05) is 29.6 Å². The Balaban J connectivity index is 1.53. The molecule has 2 atom stereocenters. The lowest BCUT2D eigenvalue weighted by molar-refractivity contribution is -0.139. The van der Waals surface area contributed by atoms with E-state index < -0.39 is 24.5 Å². The number of rotatable bonds is 7. The number of thioether (sulfide) groups is 1. The number of carboxylic acids is 1. The van der Waals surface area contributed by atoms with Gasteiger partial charge in [-0.05, 0) is 31.0 Å². The predicted octanol–water partition coefficient (Wildman–Crippen LogP) is 3.47. The number of ketones is 1. The Kier molecular flexibility index (Phi) is 5.91. The highest BCUT2D eigenvalue weighted by Crippen LogP contribution is 2.43. The number of fused-ring (bicyclic) bond motifs is 2. The van der Waals surface area contributed by atoms with Gasteiger partial charge in [-0.25, -0.2) is 14.5 Å². The van der Waals surface area contributed by atoms with Crippen molar-refractivity contribution in [2.75, 3.05) is 6.61 Å². The second-order valence-electron chi connectivity index (χ2n) is 7.81. The highest BCUT2D eigenvalue weighted by atomic mass is 32.2. The minimum Gasteiger partial charge on any atom is -0.482 e. The van der Waals surface area contributed by atoms with E-state index in [0.717, 1.165) is 17.8 Å². The molecule has 2 unspecified atom stereocenters. The summed E-state index contributed by atoms with van der Waals surface area (Å²) in [5, 5.41) is 14.3. The Morgan fingerprint density at radius 2 is 2.03 bits per heavy atom. The summed E-state index contributed by atoms with van der Waals surface area (Å²) >= 11 is 1.45. The van der Waals surface area contributed by atoms with E-state index >= 15 is 0 Å². The molecule has 10 heteroatoms. The first-order valence-corrected chi connectivity index (χ1v) is 11.6. The molecule has 1 N–H and O–H groups in total. The van der Waals surface area contributed by atoms with Crippen molar-refractivity contribution in [3.05, 3.63) is 59.9 Å². The smallest absolute Gasteiger partial charge is 0.341 e. The largest absolute Gasteiger partial charge is 0.482 e. The van der Waals surface area contributed by atoms with Gasteiger partial charge in [0.25, 0.3) is 0 Å². The number of hydrogen-bond donors (Lipinski definition) is 1. The SMILES string of the molecule is O=C(O)COc1ccccc1C1C2C(=O)CCCC2=Nc2nc(SCc3ccccn3)nn21. The summed E-state index contributed by atoms with van der Waals surface area (Å²) in [4.78, 5) is 37.8. The van der Waals surface area contributed by atoms with Crippen molar-refractivity contribution in [3.8, 4) is 5.75 Å². The quantitative estimate of drug-likeness (QED) is 0.529. The Morgan fingerprint density at radius 3 is 2.85 bits per heavy atom. The van der Waals surface area contributed by atoms with Crippen LogP contribution >= 0.6 is 11.8 Å². The third-order valence-corrected chi connectivity index (χ3v) is 6.51. The Hall–Kier alpha value is -3.53. The highest BCUT2D eigenvalue weighted by molar-refractivity contribution is 7.98. The van der Waals surface area contributed by atoms with Crippen LogP contribution in [0.2, 0.25) is 0 Å². The first-order chi connectivity index (χ1) is 16.1. The molecule has 0 spiro atoms. The van der Waals surface area contributed by atoms with Gasteiger partial charge in [0.1, 0.15) is 11.5 Å². The summed E-state index contributed by atoms with van der Waals surface area (Å²) in [7, 11) is 0. The maximum absolute atomic E-state index is 13.0. The van der Waals surface area contributed by atoms with E-state index in [-0.39, 0.29) is 5.78 Å². The molecule has 0 radical (unpaired) electrons. The number of ether oxygens (including phenoxy) is 1. The lowest BCUT2D eigenvalue weighted by Crippen LogP contribution is -2.39. The molecule has 3 heterocycles. The highest BCUT2D eigenvalue weighted by Gasteiger charge is 2.43. The number of aliphatic carboxylic acids is 1. The minimum atomic E-state index is -1.07. The fourth-order valence-corrected chi connectivity index (χ4v) is 4.98. The summed E-state index contributed by atoms with van der Waals surface area (Å²) in [6.45, 7) is -0.474.